The van der Waals surface area contributed by atoms with Crippen molar-refractivity contribution in [2.24, 2.45) is 0 Å². The van der Waals surface area contributed by atoms with E-state index in [1.165, 1.54) is 5.56 Å². The zero-order valence-electron chi connectivity index (χ0n) is 9.03. The summed E-state index contributed by atoms with van der Waals surface area (Å²) in [6.45, 7) is 3.38. The zero-order chi connectivity index (χ0) is 11.4. The van der Waals surface area contributed by atoms with Gasteiger partial charge in [-0.1, -0.05) is 28.9 Å². The third kappa shape index (κ3) is 3.08. The first-order chi connectivity index (χ1) is 7.74. The molecule has 0 aliphatic carbocycles. The Morgan fingerprint density at radius 2 is 2.00 bits per heavy atom. The lowest BCUT2D eigenvalue weighted by Gasteiger charge is -2.02. The summed E-state index contributed by atoms with van der Waals surface area (Å²) >= 11 is 5.80. The summed E-state index contributed by atoms with van der Waals surface area (Å²) in [6, 6.07) is 9.70. The third-order valence-corrected chi connectivity index (χ3v) is 2.47. The standard InChI is InChI=1S/C12H13ClN2O/c1-9-6-12(16-15-9)8-14-7-10-2-4-11(13)5-3-10/h2-6,14H,7-8H2,1H3. The van der Waals surface area contributed by atoms with Crippen molar-refractivity contribution in [1.29, 1.82) is 0 Å². The van der Waals surface area contributed by atoms with Gasteiger partial charge in [-0.25, -0.2) is 0 Å². The summed E-state index contributed by atoms with van der Waals surface area (Å²) in [5.74, 6) is 0.853. The van der Waals surface area contributed by atoms with Crippen molar-refractivity contribution in [2.75, 3.05) is 0 Å². The smallest absolute Gasteiger partial charge is 0.150 e. The van der Waals surface area contributed by atoms with Crippen LogP contribution < -0.4 is 5.32 Å². The number of aromatic nitrogens is 1. The molecule has 0 amide bonds. The molecule has 0 aliphatic rings. The maximum atomic E-state index is 5.80. The molecule has 3 nitrogen and oxygen atoms in total. The number of nitrogens with zero attached hydrogens (tertiary/aromatic N) is 1. The van der Waals surface area contributed by atoms with Gasteiger partial charge >= 0.3 is 0 Å². The lowest BCUT2D eigenvalue weighted by Crippen LogP contribution is -2.11. The third-order valence-electron chi connectivity index (χ3n) is 2.22. The van der Waals surface area contributed by atoms with E-state index in [9.17, 15) is 0 Å². The first-order valence-corrected chi connectivity index (χ1v) is 5.49. The van der Waals surface area contributed by atoms with Gasteiger partial charge < -0.3 is 9.84 Å². The number of benzene rings is 1. The molecule has 1 N–H and O–H groups in total. The molecule has 16 heavy (non-hydrogen) atoms. The van der Waals surface area contributed by atoms with Crippen molar-refractivity contribution in [1.82, 2.24) is 10.5 Å². The quantitative estimate of drug-likeness (QED) is 0.887. The Balaban J connectivity index is 1.82. The maximum Gasteiger partial charge on any atom is 0.150 e. The van der Waals surface area contributed by atoms with Gasteiger partial charge in [-0.3, -0.25) is 0 Å². The number of aryl methyl sites for hydroxylation is 1. The summed E-state index contributed by atoms with van der Waals surface area (Å²) < 4.78 is 5.09. The van der Waals surface area contributed by atoms with E-state index in [0.717, 1.165) is 23.0 Å². The summed E-state index contributed by atoms with van der Waals surface area (Å²) in [5.41, 5.74) is 2.10. The minimum absolute atomic E-state index is 0.684. The van der Waals surface area contributed by atoms with E-state index in [2.05, 4.69) is 10.5 Å². The van der Waals surface area contributed by atoms with Crippen LogP contribution in [-0.2, 0) is 13.1 Å². The molecule has 1 heterocycles. The van der Waals surface area contributed by atoms with E-state index in [4.69, 9.17) is 16.1 Å². The van der Waals surface area contributed by atoms with Gasteiger partial charge in [-0.05, 0) is 24.6 Å². The van der Waals surface area contributed by atoms with Gasteiger partial charge in [0.05, 0.1) is 12.2 Å². The predicted molar refractivity (Wildman–Crippen MR) is 63.2 cm³/mol. The van der Waals surface area contributed by atoms with Gasteiger partial charge in [0, 0.05) is 17.6 Å². The highest BCUT2D eigenvalue weighted by Crippen LogP contribution is 2.09. The molecule has 0 radical (unpaired) electrons. The van der Waals surface area contributed by atoms with Crippen LogP contribution in [-0.4, -0.2) is 5.16 Å². The van der Waals surface area contributed by atoms with Crippen LogP contribution in [0.25, 0.3) is 0 Å². The fourth-order valence-corrected chi connectivity index (χ4v) is 1.56. The fraction of sp³-hybridized carbons (Fsp3) is 0.250. The zero-order valence-corrected chi connectivity index (χ0v) is 9.79. The molecular weight excluding hydrogens is 224 g/mol. The minimum atomic E-state index is 0.684. The van der Waals surface area contributed by atoms with Crippen molar-refractivity contribution >= 4 is 11.6 Å². The molecule has 0 aliphatic heterocycles. The minimum Gasteiger partial charge on any atom is -0.360 e. The van der Waals surface area contributed by atoms with Crippen molar-refractivity contribution in [3.8, 4) is 0 Å². The molecule has 1 aromatic heterocycles. The molecule has 84 valence electrons. The van der Waals surface area contributed by atoms with Crippen LogP contribution in [0.5, 0.6) is 0 Å². The Morgan fingerprint density at radius 1 is 1.25 bits per heavy atom. The van der Waals surface area contributed by atoms with Gasteiger partial charge in [0.2, 0.25) is 0 Å². The van der Waals surface area contributed by atoms with E-state index >= 15 is 0 Å². The van der Waals surface area contributed by atoms with Crippen LogP contribution in [0.1, 0.15) is 17.0 Å². The van der Waals surface area contributed by atoms with Gasteiger partial charge in [0.15, 0.2) is 5.76 Å². The molecule has 0 saturated carbocycles. The summed E-state index contributed by atoms with van der Waals surface area (Å²) in [6.07, 6.45) is 0. The molecular formula is C12H13ClN2O. The Morgan fingerprint density at radius 3 is 2.62 bits per heavy atom. The molecule has 2 rings (SSSR count). The van der Waals surface area contributed by atoms with Crippen molar-refractivity contribution in [3.63, 3.8) is 0 Å². The second-order valence-electron chi connectivity index (χ2n) is 3.66. The van der Waals surface area contributed by atoms with Gasteiger partial charge in [0.1, 0.15) is 0 Å². The molecule has 0 fully saturated rings. The average Bonchev–Trinajstić information content (AvgIpc) is 2.67. The van der Waals surface area contributed by atoms with Crippen LogP contribution in [0, 0.1) is 6.92 Å². The highest BCUT2D eigenvalue weighted by molar-refractivity contribution is 6.30. The van der Waals surface area contributed by atoms with Crippen LogP contribution in [0.2, 0.25) is 5.02 Å². The Hall–Kier alpha value is -1.32. The lowest BCUT2D eigenvalue weighted by atomic mass is 10.2. The average molecular weight is 237 g/mol. The molecule has 2 aromatic rings. The van der Waals surface area contributed by atoms with E-state index in [1.807, 2.05) is 37.3 Å². The molecule has 4 heteroatoms. The molecule has 1 aromatic carbocycles. The first kappa shape index (κ1) is 11.2. The monoisotopic (exact) mass is 236 g/mol. The van der Waals surface area contributed by atoms with Crippen molar-refractivity contribution in [2.45, 2.75) is 20.0 Å². The molecule has 0 saturated heterocycles. The van der Waals surface area contributed by atoms with Crippen molar-refractivity contribution in [3.05, 3.63) is 52.4 Å². The number of hydrogen-bond acceptors (Lipinski definition) is 3. The van der Waals surface area contributed by atoms with Gasteiger partial charge in [-0.2, -0.15) is 0 Å². The fourth-order valence-electron chi connectivity index (χ4n) is 1.43. The number of nitrogens with one attached hydrogen (secondary N) is 1. The highest BCUT2D eigenvalue weighted by Gasteiger charge is 1.99. The van der Waals surface area contributed by atoms with Crippen LogP contribution >= 0.6 is 11.6 Å². The first-order valence-electron chi connectivity index (χ1n) is 5.11. The second-order valence-corrected chi connectivity index (χ2v) is 4.10. The number of rotatable bonds is 4. The maximum absolute atomic E-state index is 5.80. The Labute approximate surface area is 99.4 Å². The number of hydrogen-bond donors (Lipinski definition) is 1. The van der Waals surface area contributed by atoms with Crippen molar-refractivity contribution < 1.29 is 4.52 Å². The number of halogens is 1. The van der Waals surface area contributed by atoms with Crippen LogP contribution in [0.4, 0.5) is 0 Å². The predicted octanol–water partition coefficient (Wildman–Crippen LogP) is 2.93. The Bertz CT molecular complexity index is 450. The SMILES string of the molecule is Cc1cc(CNCc2ccc(Cl)cc2)on1. The van der Waals surface area contributed by atoms with E-state index in [1.54, 1.807) is 0 Å². The van der Waals surface area contributed by atoms with Gasteiger partial charge in [-0.15, -0.1) is 0 Å². The highest BCUT2D eigenvalue weighted by atomic mass is 35.5. The Kier molecular flexibility index (Phi) is 3.59. The van der Waals surface area contributed by atoms with E-state index in [-0.39, 0.29) is 0 Å². The summed E-state index contributed by atoms with van der Waals surface area (Å²) in [5, 5.41) is 7.85. The van der Waals surface area contributed by atoms with E-state index < -0.39 is 0 Å². The topological polar surface area (TPSA) is 38.1 Å². The molecule has 0 bridgehead atoms. The molecule has 0 spiro atoms. The van der Waals surface area contributed by atoms with Crippen LogP contribution in [0.3, 0.4) is 0 Å². The normalized spacial score (nSPS) is 10.6. The second kappa shape index (κ2) is 5.14. The lowest BCUT2D eigenvalue weighted by molar-refractivity contribution is 0.369. The molecule has 0 unspecified atom stereocenters. The largest absolute Gasteiger partial charge is 0.360 e. The van der Waals surface area contributed by atoms with Crippen LogP contribution in [0.15, 0.2) is 34.9 Å². The summed E-state index contributed by atoms with van der Waals surface area (Å²) in [4.78, 5) is 0. The summed E-state index contributed by atoms with van der Waals surface area (Å²) in [7, 11) is 0. The van der Waals surface area contributed by atoms with Gasteiger partial charge in [0.25, 0.3) is 0 Å². The van der Waals surface area contributed by atoms with E-state index in [0.29, 0.717) is 6.54 Å². The molecule has 0 atom stereocenters.